The number of aliphatic hydroxyl groups excluding tert-OH is 1. The number of hydrogen-bond acceptors (Lipinski definition) is 4. The Balaban J connectivity index is 1.43. The molecule has 1 aromatic carbocycles. The van der Waals surface area contributed by atoms with E-state index in [1.54, 1.807) is 0 Å². The van der Waals surface area contributed by atoms with Gasteiger partial charge in [0.15, 0.2) is 0 Å². The fourth-order valence-electron chi connectivity index (χ4n) is 4.66. The van der Waals surface area contributed by atoms with Gasteiger partial charge in [0.1, 0.15) is 5.65 Å². The molecule has 1 aliphatic heterocycles. The molecule has 1 atom stereocenters. The van der Waals surface area contributed by atoms with Gasteiger partial charge in [0.05, 0.1) is 18.0 Å². The van der Waals surface area contributed by atoms with Crippen molar-refractivity contribution in [2.75, 3.05) is 18.0 Å². The van der Waals surface area contributed by atoms with E-state index >= 15 is 0 Å². The predicted molar refractivity (Wildman–Crippen MR) is 116 cm³/mol. The van der Waals surface area contributed by atoms with E-state index in [-0.39, 0.29) is 6.10 Å². The van der Waals surface area contributed by atoms with Gasteiger partial charge in [-0.15, -0.1) is 0 Å². The van der Waals surface area contributed by atoms with Crippen molar-refractivity contribution in [3.63, 3.8) is 0 Å². The van der Waals surface area contributed by atoms with Crippen LogP contribution in [0.25, 0.3) is 32.9 Å². The number of anilines is 1. The molecule has 29 heavy (non-hydrogen) atoms. The van der Waals surface area contributed by atoms with Crippen LogP contribution in [0.4, 0.5) is 5.69 Å². The molecule has 0 bridgehead atoms. The van der Waals surface area contributed by atoms with Crippen LogP contribution < -0.4 is 4.90 Å². The van der Waals surface area contributed by atoms with Gasteiger partial charge in [-0.05, 0) is 54.3 Å². The zero-order chi connectivity index (χ0) is 19.4. The molecule has 6 rings (SSSR count). The van der Waals surface area contributed by atoms with E-state index in [0.29, 0.717) is 12.5 Å². The van der Waals surface area contributed by atoms with Gasteiger partial charge in [-0.2, -0.15) is 0 Å². The van der Waals surface area contributed by atoms with E-state index < -0.39 is 0 Å². The summed E-state index contributed by atoms with van der Waals surface area (Å²) in [4.78, 5) is 14.9. The number of nitrogens with one attached hydrogen (secondary N) is 1. The molecule has 1 saturated carbocycles. The lowest BCUT2D eigenvalue weighted by molar-refractivity contribution is 0.198. The van der Waals surface area contributed by atoms with Crippen molar-refractivity contribution in [3.05, 3.63) is 54.6 Å². The second kappa shape index (κ2) is 6.56. The van der Waals surface area contributed by atoms with Crippen molar-refractivity contribution in [1.82, 2.24) is 15.0 Å². The predicted octanol–water partition coefficient (Wildman–Crippen LogP) is 4.62. The van der Waals surface area contributed by atoms with Crippen molar-refractivity contribution in [2.45, 2.75) is 37.7 Å². The molecule has 3 aromatic heterocycles. The lowest BCUT2D eigenvalue weighted by Gasteiger charge is -2.23. The molecule has 5 nitrogen and oxygen atoms in total. The molecule has 2 aliphatic rings. The smallest absolute Gasteiger partial charge is 0.138 e. The lowest BCUT2D eigenvalue weighted by Crippen LogP contribution is -2.21. The maximum absolute atomic E-state index is 9.86. The van der Waals surface area contributed by atoms with Crippen LogP contribution >= 0.6 is 0 Å². The van der Waals surface area contributed by atoms with Crippen LogP contribution in [0.15, 0.2) is 48.9 Å². The van der Waals surface area contributed by atoms with Crippen molar-refractivity contribution in [3.8, 4) is 11.1 Å². The first-order valence-electron chi connectivity index (χ1n) is 10.5. The van der Waals surface area contributed by atoms with Crippen molar-refractivity contribution >= 4 is 27.5 Å². The normalized spacial score (nSPS) is 19.9. The highest BCUT2D eigenvalue weighted by Gasteiger charge is 2.22. The third kappa shape index (κ3) is 2.88. The zero-order valence-corrected chi connectivity index (χ0v) is 16.3. The largest absolute Gasteiger partial charge is 0.391 e. The summed E-state index contributed by atoms with van der Waals surface area (Å²) in [7, 11) is 0. The summed E-state index contributed by atoms with van der Waals surface area (Å²) in [6.45, 7) is 1.56. The topological polar surface area (TPSA) is 65.0 Å². The van der Waals surface area contributed by atoms with Crippen molar-refractivity contribution in [2.24, 2.45) is 0 Å². The highest BCUT2D eigenvalue weighted by molar-refractivity contribution is 6.06. The third-order valence-corrected chi connectivity index (χ3v) is 6.62. The number of benzene rings is 1. The molecule has 1 aliphatic carbocycles. The summed E-state index contributed by atoms with van der Waals surface area (Å²) in [5.74, 6) is 0.666. The SMILES string of the molecule is O[C@H]1CCN(c2cncc(-c3ccc4cnc5[nH]c(C6CCC6)cc5c4c3)c2)C1. The van der Waals surface area contributed by atoms with Crippen LogP contribution in [-0.4, -0.2) is 39.3 Å². The Morgan fingerprint density at radius 1 is 0.966 bits per heavy atom. The van der Waals surface area contributed by atoms with Gasteiger partial charge >= 0.3 is 0 Å². The summed E-state index contributed by atoms with van der Waals surface area (Å²) < 4.78 is 0. The second-order valence-corrected chi connectivity index (χ2v) is 8.50. The molecular weight excluding hydrogens is 360 g/mol. The van der Waals surface area contributed by atoms with Gasteiger partial charge in [-0.3, -0.25) is 4.98 Å². The number of aliphatic hydroxyl groups is 1. The molecule has 0 spiro atoms. The van der Waals surface area contributed by atoms with Gasteiger partial charge in [0.25, 0.3) is 0 Å². The first-order valence-corrected chi connectivity index (χ1v) is 10.5. The molecule has 4 aromatic rings. The number of hydrogen-bond donors (Lipinski definition) is 2. The number of aromatic amines is 1. The molecule has 2 fully saturated rings. The van der Waals surface area contributed by atoms with Crippen LogP contribution in [0.1, 0.15) is 37.3 Å². The fraction of sp³-hybridized carbons (Fsp3) is 0.333. The van der Waals surface area contributed by atoms with Gasteiger partial charge < -0.3 is 15.0 Å². The molecule has 2 N–H and O–H groups in total. The molecule has 146 valence electrons. The quantitative estimate of drug-likeness (QED) is 0.541. The average molecular weight is 384 g/mol. The van der Waals surface area contributed by atoms with E-state index in [9.17, 15) is 5.11 Å². The van der Waals surface area contributed by atoms with E-state index in [1.165, 1.54) is 35.7 Å². The summed E-state index contributed by atoms with van der Waals surface area (Å²) in [6, 6.07) is 11.0. The number of nitrogens with zero attached hydrogens (tertiary/aromatic N) is 3. The van der Waals surface area contributed by atoms with Crippen molar-refractivity contribution in [1.29, 1.82) is 0 Å². The fourth-order valence-corrected chi connectivity index (χ4v) is 4.66. The Labute approximate surface area is 169 Å². The van der Waals surface area contributed by atoms with E-state index in [2.05, 4.69) is 50.2 Å². The van der Waals surface area contributed by atoms with Crippen LogP contribution in [-0.2, 0) is 0 Å². The van der Waals surface area contributed by atoms with E-state index in [4.69, 9.17) is 0 Å². The number of pyridine rings is 2. The minimum Gasteiger partial charge on any atom is -0.391 e. The third-order valence-electron chi connectivity index (χ3n) is 6.62. The van der Waals surface area contributed by atoms with Crippen LogP contribution in [0.3, 0.4) is 0 Å². The van der Waals surface area contributed by atoms with E-state index in [0.717, 1.165) is 40.8 Å². The Morgan fingerprint density at radius 3 is 2.69 bits per heavy atom. The monoisotopic (exact) mass is 384 g/mol. The first kappa shape index (κ1) is 17.0. The van der Waals surface area contributed by atoms with E-state index in [1.807, 2.05) is 18.6 Å². The second-order valence-electron chi connectivity index (χ2n) is 8.50. The minimum absolute atomic E-state index is 0.237. The summed E-state index contributed by atoms with van der Waals surface area (Å²) in [5, 5.41) is 13.5. The summed E-state index contributed by atoms with van der Waals surface area (Å²) in [6.07, 6.45) is 10.2. The molecule has 1 saturated heterocycles. The zero-order valence-electron chi connectivity index (χ0n) is 16.3. The highest BCUT2D eigenvalue weighted by Crippen LogP contribution is 2.38. The Kier molecular flexibility index (Phi) is 3.84. The lowest BCUT2D eigenvalue weighted by atomic mass is 9.83. The van der Waals surface area contributed by atoms with Gasteiger partial charge in [-0.25, -0.2) is 4.98 Å². The Hall–Kier alpha value is -2.92. The van der Waals surface area contributed by atoms with Crippen LogP contribution in [0, 0.1) is 0 Å². The number of β-amino-alcohol motifs (C(OH)–C–C–N with tert-alkyl or cyclic N) is 1. The number of aromatic nitrogens is 3. The molecule has 0 unspecified atom stereocenters. The van der Waals surface area contributed by atoms with Crippen LogP contribution in [0.5, 0.6) is 0 Å². The van der Waals surface area contributed by atoms with Crippen molar-refractivity contribution < 1.29 is 5.11 Å². The van der Waals surface area contributed by atoms with Gasteiger partial charge in [0.2, 0.25) is 0 Å². The summed E-state index contributed by atoms with van der Waals surface area (Å²) >= 11 is 0. The van der Waals surface area contributed by atoms with Gasteiger partial charge in [0, 0.05) is 47.5 Å². The summed E-state index contributed by atoms with van der Waals surface area (Å²) in [5.41, 5.74) is 5.64. The maximum atomic E-state index is 9.86. The Bertz CT molecular complexity index is 1210. The molecule has 5 heteroatoms. The molecular formula is C24H24N4O. The number of rotatable bonds is 3. The Morgan fingerprint density at radius 2 is 1.90 bits per heavy atom. The number of fused-ring (bicyclic) bond motifs is 3. The highest BCUT2D eigenvalue weighted by atomic mass is 16.3. The molecule has 0 amide bonds. The molecule has 0 radical (unpaired) electrons. The standard InChI is InChI=1S/C24H24N4O/c29-20-6-7-28(14-20)19-8-18(11-25-13-19)16-4-5-17-12-26-24-22(21(17)9-16)10-23(27-24)15-2-1-3-15/h4-5,8-13,15,20,29H,1-3,6-7,14H2,(H,26,27)/t20-/m0/s1. The van der Waals surface area contributed by atoms with Crippen LogP contribution in [0.2, 0.25) is 0 Å². The number of H-pyrrole nitrogens is 1. The molecule has 4 heterocycles. The maximum Gasteiger partial charge on any atom is 0.138 e. The average Bonchev–Trinajstić information content (AvgIpc) is 3.32. The minimum atomic E-state index is -0.237. The van der Waals surface area contributed by atoms with Gasteiger partial charge in [-0.1, -0.05) is 18.6 Å². The first-order chi connectivity index (χ1) is 14.2.